The van der Waals surface area contributed by atoms with Gasteiger partial charge in [0.25, 0.3) is 5.91 Å². The monoisotopic (exact) mass is 371 g/mol. The predicted octanol–water partition coefficient (Wildman–Crippen LogP) is 3.74. The van der Waals surface area contributed by atoms with Gasteiger partial charge >= 0.3 is 0 Å². The van der Waals surface area contributed by atoms with Crippen molar-refractivity contribution in [1.29, 1.82) is 0 Å². The van der Waals surface area contributed by atoms with Gasteiger partial charge in [0.15, 0.2) is 0 Å². The molecule has 1 amide bonds. The maximum atomic E-state index is 12.6. The van der Waals surface area contributed by atoms with E-state index in [-0.39, 0.29) is 11.9 Å². The first-order chi connectivity index (χ1) is 12.6. The predicted molar refractivity (Wildman–Crippen MR) is 101 cm³/mol. The van der Waals surface area contributed by atoms with E-state index < -0.39 is 0 Å². The van der Waals surface area contributed by atoms with Gasteiger partial charge in [-0.05, 0) is 68.6 Å². The van der Waals surface area contributed by atoms with E-state index in [1.54, 1.807) is 42.6 Å². The number of piperidine rings is 3. The zero-order chi connectivity index (χ0) is 18.1. The van der Waals surface area contributed by atoms with Gasteiger partial charge in [-0.2, -0.15) is 0 Å². The minimum absolute atomic E-state index is 0.0289. The summed E-state index contributed by atoms with van der Waals surface area (Å²) in [5.41, 5.74) is 0.633. The third-order valence-corrected chi connectivity index (χ3v) is 5.71. The molecule has 0 saturated carbocycles. The van der Waals surface area contributed by atoms with Crippen LogP contribution in [0.3, 0.4) is 0 Å². The van der Waals surface area contributed by atoms with Crippen LogP contribution < -0.4 is 10.1 Å². The van der Waals surface area contributed by atoms with Crippen molar-refractivity contribution in [2.45, 2.75) is 31.8 Å². The number of amides is 1. The molecule has 0 aliphatic carbocycles. The fourth-order valence-corrected chi connectivity index (χ4v) is 4.10. The summed E-state index contributed by atoms with van der Waals surface area (Å²) in [5.74, 6) is 1.51. The van der Waals surface area contributed by atoms with Crippen molar-refractivity contribution < 1.29 is 9.53 Å². The van der Waals surface area contributed by atoms with E-state index in [0.29, 0.717) is 34.2 Å². The van der Waals surface area contributed by atoms with Gasteiger partial charge in [0, 0.05) is 30.4 Å². The van der Waals surface area contributed by atoms with Crippen LogP contribution in [0.2, 0.25) is 5.02 Å². The molecule has 2 bridgehead atoms. The minimum Gasteiger partial charge on any atom is -0.438 e. The molecule has 1 N–H and O–H groups in total. The summed E-state index contributed by atoms with van der Waals surface area (Å²) in [6, 6.07) is 11.4. The van der Waals surface area contributed by atoms with Crippen molar-refractivity contribution in [2.75, 3.05) is 13.1 Å². The summed E-state index contributed by atoms with van der Waals surface area (Å²) in [5, 5.41) is 3.66. The highest BCUT2D eigenvalue weighted by Crippen LogP contribution is 2.32. The smallest absolute Gasteiger partial charge is 0.251 e. The Morgan fingerprint density at radius 1 is 1.31 bits per heavy atom. The van der Waals surface area contributed by atoms with E-state index in [0.717, 1.165) is 13.1 Å². The first-order valence-corrected chi connectivity index (χ1v) is 9.41. The van der Waals surface area contributed by atoms with Crippen molar-refractivity contribution in [2.24, 2.45) is 5.92 Å². The number of rotatable bonds is 4. The number of benzene rings is 1. The average Bonchev–Trinajstić information content (AvgIpc) is 2.65. The number of hydrogen-bond acceptors (Lipinski definition) is 4. The van der Waals surface area contributed by atoms with Crippen molar-refractivity contribution in [3.05, 3.63) is 53.2 Å². The Morgan fingerprint density at radius 3 is 2.77 bits per heavy atom. The van der Waals surface area contributed by atoms with Gasteiger partial charge in [-0.3, -0.25) is 9.69 Å². The molecule has 3 fully saturated rings. The van der Waals surface area contributed by atoms with Crippen LogP contribution in [0, 0.1) is 5.92 Å². The second-order valence-corrected chi connectivity index (χ2v) is 7.53. The number of hydrogen-bond donors (Lipinski definition) is 1. The fourth-order valence-electron chi connectivity index (χ4n) is 3.94. The van der Waals surface area contributed by atoms with Crippen LogP contribution in [0.15, 0.2) is 42.6 Å². The molecule has 1 aromatic heterocycles. The summed E-state index contributed by atoms with van der Waals surface area (Å²) in [6.07, 6.45) is 3.97. The Morgan fingerprint density at radius 2 is 2.12 bits per heavy atom. The molecular formula is C20H22ClN3O2. The lowest BCUT2D eigenvalue weighted by Gasteiger charge is -2.48. The number of carbonyl (C=O) groups is 1. The highest BCUT2D eigenvalue weighted by molar-refractivity contribution is 6.31. The van der Waals surface area contributed by atoms with Crippen LogP contribution in [-0.2, 0) is 0 Å². The lowest BCUT2D eigenvalue weighted by atomic mass is 9.80. The number of ether oxygens (including phenoxy) is 1. The highest BCUT2D eigenvalue weighted by atomic mass is 35.5. The van der Waals surface area contributed by atoms with E-state index in [1.165, 1.54) is 12.8 Å². The number of aromatic nitrogens is 1. The third kappa shape index (κ3) is 3.55. The van der Waals surface area contributed by atoms with Crippen LogP contribution in [0.25, 0.3) is 0 Å². The zero-order valence-corrected chi connectivity index (χ0v) is 15.4. The fraction of sp³-hybridized carbons (Fsp3) is 0.400. The van der Waals surface area contributed by atoms with Crippen molar-refractivity contribution in [3.63, 3.8) is 0 Å². The van der Waals surface area contributed by atoms with E-state index in [4.69, 9.17) is 16.3 Å². The van der Waals surface area contributed by atoms with Gasteiger partial charge in [-0.25, -0.2) is 4.98 Å². The number of fused-ring (bicyclic) bond motifs is 3. The molecule has 6 heteroatoms. The number of nitrogens with one attached hydrogen (secondary N) is 1. The highest BCUT2D eigenvalue weighted by Gasteiger charge is 2.38. The molecule has 26 heavy (non-hydrogen) atoms. The molecule has 136 valence electrons. The maximum Gasteiger partial charge on any atom is 0.251 e. The first kappa shape index (κ1) is 17.3. The summed E-state index contributed by atoms with van der Waals surface area (Å²) < 4.78 is 5.66. The Hall–Kier alpha value is -2.11. The van der Waals surface area contributed by atoms with Gasteiger partial charge in [0.2, 0.25) is 5.88 Å². The lowest BCUT2D eigenvalue weighted by molar-refractivity contribution is 0.0274. The first-order valence-electron chi connectivity index (χ1n) is 9.03. The summed E-state index contributed by atoms with van der Waals surface area (Å²) in [4.78, 5) is 19.2. The molecule has 0 radical (unpaired) electrons. The van der Waals surface area contributed by atoms with Gasteiger partial charge in [0.05, 0.1) is 0 Å². The van der Waals surface area contributed by atoms with Crippen molar-refractivity contribution in [3.8, 4) is 11.6 Å². The summed E-state index contributed by atoms with van der Waals surface area (Å²) in [7, 11) is 0. The van der Waals surface area contributed by atoms with Crippen LogP contribution in [0.5, 0.6) is 11.6 Å². The molecule has 4 atom stereocenters. The van der Waals surface area contributed by atoms with E-state index in [2.05, 4.69) is 22.1 Å². The van der Waals surface area contributed by atoms with Crippen molar-refractivity contribution in [1.82, 2.24) is 15.2 Å². The third-order valence-electron chi connectivity index (χ3n) is 5.43. The van der Waals surface area contributed by atoms with Gasteiger partial charge in [-0.15, -0.1) is 0 Å². The normalized spacial score (nSPS) is 27.2. The van der Waals surface area contributed by atoms with Crippen LogP contribution in [0.1, 0.15) is 30.1 Å². The molecule has 3 aliphatic heterocycles. The Kier molecular flexibility index (Phi) is 4.83. The van der Waals surface area contributed by atoms with Gasteiger partial charge < -0.3 is 10.1 Å². The van der Waals surface area contributed by atoms with E-state index >= 15 is 0 Å². The topological polar surface area (TPSA) is 54.5 Å². The molecule has 3 aliphatic rings. The zero-order valence-electron chi connectivity index (χ0n) is 14.7. The Bertz CT molecular complexity index is 796. The SMILES string of the molecule is CC1CC2CCN1CC2NC(=O)c1ccc(Oc2ncccc2Cl)cc1. The Balaban J connectivity index is 1.39. The number of pyridine rings is 1. The molecule has 0 spiro atoms. The number of halogens is 1. The summed E-state index contributed by atoms with van der Waals surface area (Å²) in [6.45, 7) is 4.38. The van der Waals surface area contributed by atoms with E-state index in [9.17, 15) is 4.79 Å². The second-order valence-electron chi connectivity index (χ2n) is 7.13. The molecule has 4 heterocycles. The average molecular weight is 372 g/mol. The molecule has 2 aromatic rings. The molecule has 1 aromatic carbocycles. The molecular weight excluding hydrogens is 350 g/mol. The molecule has 5 nitrogen and oxygen atoms in total. The second kappa shape index (κ2) is 7.25. The largest absolute Gasteiger partial charge is 0.438 e. The van der Waals surface area contributed by atoms with Crippen molar-refractivity contribution >= 4 is 17.5 Å². The minimum atomic E-state index is -0.0289. The maximum absolute atomic E-state index is 12.6. The van der Waals surface area contributed by atoms with E-state index in [1.807, 2.05) is 0 Å². The quantitative estimate of drug-likeness (QED) is 0.889. The number of carbonyl (C=O) groups excluding carboxylic acids is 1. The Labute approximate surface area is 158 Å². The number of nitrogens with zero attached hydrogens (tertiary/aromatic N) is 2. The van der Waals surface area contributed by atoms with Gasteiger partial charge in [0.1, 0.15) is 10.8 Å². The molecule has 5 rings (SSSR count). The summed E-state index contributed by atoms with van der Waals surface area (Å²) >= 11 is 6.05. The van der Waals surface area contributed by atoms with Gasteiger partial charge in [-0.1, -0.05) is 11.6 Å². The van der Waals surface area contributed by atoms with Crippen LogP contribution >= 0.6 is 11.6 Å². The molecule has 4 unspecified atom stereocenters. The molecule has 3 saturated heterocycles. The lowest BCUT2D eigenvalue weighted by Crippen LogP contribution is -2.60. The van der Waals surface area contributed by atoms with Crippen LogP contribution in [-0.4, -0.2) is 41.0 Å². The van der Waals surface area contributed by atoms with Crippen LogP contribution in [0.4, 0.5) is 0 Å². The standard InChI is InChI=1S/C20H22ClN3O2/c1-13-11-15-8-10-24(13)12-18(15)23-19(25)14-4-6-16(7-5-14)26-20-17(21)3-2-9-22-20/h2-7,9,13,15,18H,8,10-12H2,1H3,(H,23,25).